The van der Waals surface area contributed by atoms with Gasteiger partial charge in [0.05, 0.1) is 0 Å². The first-order valence-corrected chi connectivity index (χ1v) is 10.2. The highest BCUT2D eigenvalue weighted by Gasteiger charge is 2.22. The lowest BCUT2D eigenvalue weighted by Gasteiger charge is -2.18. The Morgan fingerprint density at radius 3 is 2.36 bits per heavy atom. The molecule has 0 unspecified atom stereocenters. The van der Waals surface area contributed by atoms with Crippen molar-refractivity contribution in [3.63, 3.8) is 0 Å². The predicted octanol–water partition coefficient (Wildman–Crippen LogP) is 4.60. The van der Waals surface area contributed by atoms with E-state index in [2.05, 4.69) is 21.2 Å². The molecule has 2 aromatic rings. The van der Waals surface area contributed by atoms with Crippen LogP contribution in [0.4, 0.5) is 5.69 Å². The first-order valence-electron chi connectivity index (χ1n) is 9.43. The van der Waals surface area contributed by atoms with Crippen LogP contribution < -0.4 is 5.32 Å². The Hall–Kier alpha value is -2.47. The SMILES string of the molecule is Cc1c(NC(=O)CCC(=O)c2ccc(Br)cc2)cccc1C(=O)N1CCCC1. The molecule has 146 valence electrons. The van der Waals surface area contributed by atoms with Gasteiger partial charge in [0.25, 0.3) is 5.91 Å². The van der Waals surface area contributed by atoms with Crippen LogP contribution in [0.3, 0.4) is 0 Å². The third-order valence-corrected chi connectivity index (χ3v) is 5.51. The molecule has 0 aromatic heterocycles. The molecule has 6 heteroatoms. The van der Waals surface area contributed by atoms with Crippen LogP contribution >= 0.6 is 15.9 Å². The normalized spacial score (nSPS) is 13.4. The summed E-state index contributed by atoms with van der Waals surface area (Å²) in [5.74, 6) is -0.298. The summed E-state index contributed by atoms with van der Waals surface area (Å²) in [6.45, 7) is 3.41. The maximum Gasteiger partial charge on any atom is 0.254 e. The quantitative estimate of drug-likeness (QED) is 0.664. The molecule has 2 aromatic carbocycles. The summed E-state index contributed by atoms with van der Waals surface area (Å²) in [7, 11) is 0. The van der Waals surface area contributed by atoms with Gasteiger partial charge in [-0.25, -0.2) is 0 Å². The van der Waals surface area contributed by atoms with Crippen molar-refractivity contribution < 1.29 is 14.4 Å². The van der Waals surface area contributed by atoms with Crippen LogP contribution in [0.25, 0.3) is 0 Å². The molecule has 1 heterocycles. The van der Waals surface area contributed by atoms with Crippen LogP contribution in [-0.2, 0) is 4.79 Å². The maximum atomic E-state index is 12.7. The third-order valence-electron chi connectivity index (χ3n) is 4.98. The van der Waals surface area contributed by atoms with Crippen molar-refractivity contribution in [3.8, 4) is 0 Å². The molecule has 1 saturated heterocycles. The standard InChI is InChI=1S/C22H23BrN2O3/c1-15-18(22(28)25-13-2-3-14-25)5-4-6-19(15)24-21(27)12-11-20(26)16-7-9-17(23)10-8-16/h4-10H,2-3,11-14H2,1H3,(H,24,27). The molecule has 0 spiro atoms. The molecule has 5 nitrogen and oxygen atoms in total. The lowest BCUT2D eigenvalue weighted by atomic mass is 10.0. The summed E-state index contributed by atoms with van der Waals surface area (Å²) >= 11 is 3.34. The minimum Gasteiger partial charge on any atom is -0.339 e. The molecule has 0 atom stereocenters. The summed E-state index contributed by atoms with van der Waals surface area (Å²) in [6, 6.07) is 12.4. The fourth-order valence-corrected chi connectivity index (χ4v) is 3.58. The number of Topliss-reactive ketones (excluding diaryl/α,β-unsaturated/α-hetero) is 1. The molecule has 28 heavy (non-hydrogen) atoms. The molecule has 0 saturated carbocycles. The number of ketones is 1. The number of carbonyl (C=O) groups excluding carboxylic acids is 3. The van der Waals surface area contributed by atoms with Crippen LogP contribution in [0.1, 0.15) is 52.0 Å². The zero-order valence-electron chi connectivity index (χ0n) is 15.8. The zero-order chi connectivity index (χ0) is 20.1. The van der Waals surface area contributed by atoms with E-state index in [9.17, 15) is 14.4 Å². The molecular weight excluding hydrogens is 420 g/mol. The second kappa shape index (κ2) is 9.15. The van der Waals surface area contributed by atoms with Crippen LogP contribution in [0.15, 0.2) is 46.9 Å². The van der Waals surface area contributed by atoms with Gasteiger partial charge in [-0.1, -0.05) is 34.1 Å². The number of nitrogens with one attached hydrogen (secondary N) is 1. The number of halogens is 1. The lowest BCUT2D eigenvalue weighted by molar-refractivity contribution is -0.116. The van der Waals surface area contributed by atoms with Crippen molar-refractivity contribution in [2.75, 3.05) is 18.4 Å². The number of hydrogen-bond acceptors (Lipinski definition) is 3. The molecule has 1 fully saturated rings. The second-order valence-electron chi connectivity index (χ2n) is 6.96. The van der Waals surface area contributed by atoms with E-state index in [0.717, 1.165) is 36.0 Å². The number of nitrogens with zero attached hydrogens (tertiary/aromatic N) is 1. The van der Waals surface area contributed by atoms with Crippen molar-refractivity contribution >= 4 is 39.2 Å². The van der Waals surface area contributed by atoms with Gasteiger partial charge in [-0.3, -0.25) is 14.4 Å². The average molecular weight is 443 g/mol. The molecule has 1 aliphatic heterocycles. The van der Waals surface area contributed by atoms with Gasteiger partial charge >= 0.3 is 0 Å². The summed E-state index contributed by atoms with van der Waals surface area (Å²) in [6.07, 6.45) is 2.30. The Balaban J connectivity index is 1.60. The zero-order valence-corrected chi connectivity index (χ0v) is 17.4. The molecule has 0 radical (unpaired) electrons. The van der Waals surface area contributed by atoms with Gasteiger partial charge in [-0.05, 0) is 49.6 Å². The van der Waals surface area contributed by atoms with Crippen molar-refractivity contribution in [1.82, 2.24) is 4.90 Å². The second-order valence-corrected chi connectivity index (χ2v) is 7.87. The van der Waals surface area contributed by atoms with E-state index in [1.54, 1.807) is 42.5 Å². The number of anilines is 1. The van der Waals surface area contributed by atoms with Crippen molar-refractivity contribution in [2.24, 2.45) is 0 Å². The molecule has 0 bridgehead atoms. The largest absolute Gasteiger partial charge is 0.339 e. The van der Waals surface area contributed by atoms with Gasteiger partial charge in [-0.2, -0.15) is 0 Å². The molecule has 1 N–H and O–H groups in total. The number of benzene rings is 2. The topological polar surface area (TPSA) is 66.5 Å². The van der Waals surface area contributed by atoms with Gasteiger partial charge in [0, 0.05) is 47.2 Å². The Morgan fingerprint density at radius 2 is 1.68 bits per heavy atom. The van der Waals surface area contributed by atoms with Crippen molar-refractivity contribution in [1.29, 1.82) is 0 Å². The van der Waals surface area contributed by atoms with E-state index < -0.39 is 0 Å². The first-order chi connectivity index (χ1) is 13.5. The highest BCUT2D eigenvalue weighted by molar-refractivity contribution is 9.10. The van der Waals surface area contributed by atoms with E-state index >= 15 is 0 Å². The fourth-order valence-electron chi connectivity index (χ4n) is 3.31. The number of carbonyl (C=O) groups is 3. The smallest absolute Gasteiger partial charge is 0.254 e. The maximum absolute atomic E-state index is 12.7. The van der Waals surface area contributed by atoms with Crippen LogP contribution in [0, 0.1) is 6.92 Å². The minimum absolute atomic E-state index is 0.0107. The lowest BCUT2D eigenvalue weighted by Crippen LogP contribution is -2.28. The van der Waals surface area contributed by atoms with E-state index in [1.165, 1.54) is 0 Å². The fraction of sp³-hybridized carbons (Fsp3) is 0.318. The van der Waals surface area contributed by atoms with E-state index in [-0.39, 0.29) is 30.4 Å². The number of likely N-dealkylation sites (tertiary alicyclic amines) is 1. The molecule has 2 amide bonds. The van der Waals surface area contributed by atoms with Gasteiger partial charge in [0.2, 0.25) is 5.91 Å². The number of rotatable bonds is 6. The van der Waals surface area contributed by atoms with E-state index in [0.29, 0.717) is 16.8 Å². The Morgan fingerprint density at radius 1 is 1.00 bits per heavy atom. The Kier molecular flexibility index (Phi) is 6.62. The van der Waals surface area contributed by atoms with Gasteiger partial charge < -0.3 is 10.2 Å². The summed E-state index contributed by atoms with van der Waals surface area (Å²) < 4.78 is 0.903. The third kappa shape index (κ3) is 4.87. The van der Waals surface area contributed by atoms with Crippen LogP contribution in [0.2, 0.25) is 0 Å². The van der Waals surface area contributed by atoms with E-state index in [4.69, 9.17) is 0 Å². The highest BCUT2D eigenvalue weighted by atomic mass is 79.9. The average Bonchev–Trinajstić information content (AvgIpc) is 3.22. The molecular formula is C22H23BrN2O3. The number of hydrogen-bond donors (Lipinski definition) is 1. The summed E-state index contributed by atoms with van der Waals surface area (Å²) in [5.41, 5.74) is 2.58. The van der Waals surface area contributed by atoms with Crippen LogP contribution in [0.5, 0.6) is 0 Å². The van der Waals surface area contributed by atoms with Crippen LogP contribution in [-0.4, -0.2) is 35.6 Å². The Labute approximate surface area is 173 Å². The Bertz CT molecular complexity index is 887. The monoisotopic (exact) mass is 442 g/mol. The first kappa shape index (κ1) is 20.3. The predicted molar refractivity (Wildman–Crippen MR) is 113 cm³/mol. The summed E-state index contributed by atoms with van der Waals surface area (Å²) in [5, 5.41) is 2.84. The van der Waals surface area contributed by atoms with Gasteiger partial charge in [0.1, 0.15) is 0 Å². The van der Waals surface area contributed by atoms with Gasteiger partial charge in [-0.15, -0.1) is 0 Å². The van der Waals surface area contributed by atoms with Crippen molar-refractivity contribution in [2.45, 2.75) is 32.6 Å². The minimum atomic E-state index is -0.237. The van der Waals surface area contributed by atoms with Crippen molar-refractivity contribution in [3.05, 3.63) is 63.6 Å². The highest BCUT2D eigenvalue weighted by Crippen LogP contribution is 2.22. The van der Waals surface area contributed by atoms with Gasteiger partial charge in [0.15, 0.2) is 5.78 Å². The molecule has 1 aliphatic rings. The molecule has 3 rings (SSSR count). The molecule has 0 aliphatic carbocycles. The van der Waals surface area contributed by atoms with E-state index in [1.807, 2.05) is 11.8 Å². The number of amides is 2. The summed E-state index contributed by atoms with van der Waals surface area (Å²) in [4.78, 5) is 39.1.